The van der Waals surface area contributed by atoms with Gasteiger partial charge in [-0.2, -0.15) is 0 Å². The number of hydrogen-bond acceptors (Lipinski definition) is 8. The second-order valence-corrected chi connectivity index (χ2v) is 10.1. The summed E-state index contributed by atoms with van der Waals surface area (Å²) < 4.78 is 14.1. The number of carbonyl (C=O) groups excluding carboxylic acids is 2. The third-order valence-electron chi connectivity index (χ3n) is 7.31. The minimum Gasteiger partial charge on any atom is -0.452 e. The first kappa shape index (κ1) is 24.3. The van der Waals surface area contributed by atoms with Gasteiger partial charge in [0.05, 0.1) is 35.3 Å². The van der Waals surface area contributed by atoms with Crippen molar-refractivity contribution in [1.82, 2.24) is 19.9 Å². The molecule has 1 aromatic carbocycles. The number of aromatic nitrogens is 3. The zero-order valence-corrected chi connectivity index (χ0v) is 21.8. The molecule has 40 heavy (non-hydrogen) atoms. The Hall–Kier alpha value is -4.74. The van der Waals surface area contributed by atoms with Crippen LogP contribution in [0, 0.1) is 0 Å². The lowest BCUT2D eigenvalue weighted by Gasteiger charge is -2.43. The molecule has 3 aliphatic heterocycles. The van der Waals surface area contributed by atoms with E-state index in [0.29, 0.717) is 22.7 Å². The SMILES string of the molecule is Cn1cc(/C=C2\Oc3ccc(NC(=O)Nc4cccnc4)cc3C2=O)c2c(N3CC4CNCC(C3)O4)ccnc21. The number of urea groups is 1. The molecule has 2 amide bonds. The van der Waals surface area contributed by atoms with Gasteiger partial charge in [0.1, 0.15) is 11.4 Å². The number of ether oxygens (including phenoxy) is 2. The number of rotatable bonds is 4. The van der Waals surface area contributed by atoms with Crippen molar-refractivity contribution in [3.05, 3.63) is 78.1 Å². The maximum atomic E-state index is 13.4. The molecule has 11 heteroatoms. The number of carbonyl (C=O) groups is 2. The number of nitrogens with zero attached hydrogens (tertiary/aromatic N) is 4. The third-order valence-corrected chi connectivity index (χ3v) is 7.31. The van der Waals surface area contributed by atoms with Crippen molar-refractivity contribution >= 4 is 46.0 Å². The van der Waals surface area contributed by atoms with Crippen LogP contribution in [0.1, 0.15) is 15.9 Å². The van der Waals surface area contributed by atoms with Crippen molar-refractivity contribution in [2.45, 2.75) is 12.2 Å². The highest BCUT2D eigenvalue weighted by Gasteiger charge is 2.33. The number of allylic oxidation sites excluding steroid dienone is 1. The molecule has 3 aliphatic rings. The van der Waals surface area contributed by atoms with Gasteiger partial charge in [-0.1, -0.05) is 0 Å². The molecule has 0 saturated carbocycles. The number of fused-ring (bicyclic) bond motifs is 4. The summed E-state index contributed by atoms with van der Waals surface area (Å²) in [5.41, 5.74) is 4.16. The second kappa shape index (κ2) is 9.78. The Morgan fingerprint density at radius 2 is 1.93 bits per heavy atom. The minimum absolute atomic E-state index is 0.129. The molecular formula is C29H27N7O4. The normalized spacial score (nSPS) is 20.9. The van der Waals surface area contributed by atoms with E-state index in [1.54, 1.807) is 48.8 Å². The van der Waals surface area contributed by atoms with Crippen LogP contribution in [0.2, 0.25) is 0 Å². The second-order valence-electron chi connectivity index (χ2n) is 10.1. The molecule has 202 valence electrons. The Kier molecular flexibility index (Phi) is 5.94. The number of hydrogen-bond donors (Lipinski definition) is 3. The van der Waals surface area contributed by atoms with E-state index in [2.05, 4.69) is 30.8 Å². The molecule has 7 rings (SSSR count). The highest BCUT2D eigenvalue weighted by atomic mass is 16.5. The Morgan fingerprint density at radius 3 is 2.73 bits per heavy atom. The third kappa shape index (κ3) is 4.44. The average Bonchev–Trinajstić information content (AvgIpc) is 3.44. The molecule has 0 radical (unpaired) electrons. The minimum atomic E-state index is -0.436. The monoisotopic (exact) mass is 537 g/mol. The molecule has 3 aromatic heterocycles. The van der Waals surface area contributed by atoms with Gasteiger partial charge in [0.15, 0.2) is 5.76 Å². The number of morpholine rings is 2. The van der Waals surface area contributed by atoms with Gasteiger partial charge in [-0.05, 0) is 42.5 Å². The lowest BCUT2D eigenvalue weighted by Crippen LogP contribution is -2.58. The zero-order chi connectivity index (χ0) is 27.2. The maximum absolute atomic E-state index is 13.4. The zero-order valence-electron chi connectivity index (χ0n) is 21.8. The lowest BCUT2D eigenvalue weighted by atomic mass is 10.1. The Labute approximate surface area is 229 Å². The van der Waals surface area contributed by atoms with E-state index >= 15 is 0 Å². The number of ketones is 1. The predicted octanol–water partition coefficient (Wildman–Crippen LogP) is 3.41. The highest BCUT2D eigenvalue weighted by Crippen LogP contribution is 2.37. The number of nitrogens with one attached hydrogen (secondary N) is 3. The number of amides is 2. The number of Topliss-reactive ketones (excluding diaryl/α,β-unsaturated/α-hetero) is 1. The van der Waals surface area contributed by atoms with Crippen LogP contribution in [-0.4, -0.2) is 64.7 Å². The summed E-state index contributed by atoms with van der Waals surface area (Å²) in [5.74, 6) is 0.416. The molecule has 2 bridgehead atoms. The van der Waals surface area contributed by atoms with Crippen LogP contribution in [0.4, 0.5) is 21.9 Å². The fourth-order valence-electron chi connectivity index (χ4n) is 5.58. The van der Waals surface area contributed by atoms with E-state index in [0.717, 1.165) is 48.5 Å². The van der Waals surface area contributed by atoms with E-state index < -0.39 is 6.03 Å². The van der Waals surface area contributed by atoms with Crippen molar-refractivity contribution in [3.63, 3.8) is 0 Å². The summed E-state index contributed by atoms with van der Waals surface area (Å²) >= 11 is 0. The topological polar surface area (TPSA) is 123 Å². The van der Waals surface area contributed by atoms with Crippen molar-refractivity contribution in [3.8, 4) is 5.75 Å². The van der Waals surface area contributed by atoms with Gasteiger partial charge in [-0.25, -0.2) is 9.78 Å². The Bertz CT molecular complexity index is 1650. The van der Waals surface area contributed by atoms with Gasteiger partial charge in [0, 0.05) is 68.5 Å². The number of pyridine rings is 2. The molecule has 4 aromatic rings. The van der Waals surface area contributed by atoms with Gasteiger partial charge >= 0.3 is 6.03 Å². The molecule has 0 spiro atoms. The van der Waals surface area contributed by atoms with Gasteiger partial charge in [0.2, 0.25) is 5.78 Å². The smallest absolute Gasteiger partial charge is 0.323 e. The molecule has 2 atom stereocenters. The average molecular weight is 538 g/mol. The largest absolute Gasteiger partial charge is 0.452 e. The highest BCUT2D eigenvalue weighted by molar-refractivity contribution is 6.16. The van der Waals surface area contributed by atoms with Gasteiger partial charge in [-0.3, -0.25) is 9.78 Å². The summed E-state index contributed by atoms with van der Waals surface area (Å²) in [4.78, 5) is 36.8. The molecule has 2 fully saturated rings. The lowest BCUT2D eigenvalue weighted by molar-refractivity contribution is -0.0483. The van der Waals surface area contributed by atoms with Gasteiger partial charge < -0.3 is 34.9 Å². The van der Waals surface area contributed by atoms with Crippen LogP contribution in [0.25, 0.3) is 17.1 Å². The van der Waals surface area contributed by atoms with Crippen molar-refractivity contribution in [2.75, 3.05) is 41.7 Å². The van der Waals surface area contributed by atoms with E-state index in [1.807, 2.05) is 30.1 Å². The van der Waals surface area contributed by atoms with Crippen LogP contribution in [0.15, 0.2) is 66.9 Å². The number of benzene rings is 1. The molecule has 11 nitrogen and oxygen atoms in total. The van der Waals surface area contributed by atoms with E-state index in [-0.39, 0.29) is 23.8 Å². The quantitative estimate of drug-likeness (QED) is 0.339. The Balaban J connectivity index is 1.16. The molecule has 0 aliphatic carbocycles. The molecule has 6 heterocycles. The predicted molar refractivity (Wildman–Crippen MR) is 151 cm³/mol. The van der Waals surface area contributed by atoms with Crippen molar-refractivity contribution in [2.24, 2.45) is 7.05 Å². The fraction of sp³-hybridized carbons (Fsp3) is 0.241. The van der Waals surface area contributed by atoms with E-state index in [1.165, 1.54) is 0 Å². The van der Waals surface area contributed by atoms with Crippen LogP contribution < -0.4 is 25.6 Å². The molecular weight excluding hydrogens is 510 g/mol. The first-order chi connectivity index (χ1) is 19.5. The summed E-state index contributed by atoms with van der Waals surface area (Å²) in [6.07, 6.45) is 9.00. The molecule has 3 N–H and O–H groups in total. The van der Waals surface area contributed by atoms with Crippen molar-refractivity contribution in [1.29, 1.82) is 0 Å². The summed E-state index contributed by atoms with van der Waals surface area (Å²) in [7, 11) is 1.94. The Morgan fingerprint density at radius 1 is 1.10 bits per heavy atom. The molecule has 2 unspecified atom stereocenters. The number of anilines is 3. The summed E-state index contributed by atoms with van der Waals surface area (Å²) in [6.45, 7) is 3.21. The van der Waals surface area contributed by atoms with Gasteiger partial charge in [-0.15, -0.1) is 0 Å². The van der Waals surface area contributed by atoms with Crippen LogP contribution in [0.3, 0.4) is 0 Å². The van der Waals surface area contributed by atoms with Crippen LogP contribution >= 0.6 is 0 Å². The first-order valence-corrected chi connectivity index (χ1v) is 13.1. The van der Waals surface area contributed by atoms with Crippen LogP contribution in [-0.2, 0) is 11.8 Å². The summed E-state index contributed by atoms with van der Waals surface area (Å²) in [6, 6.07) is 10.1. The maximum Gasteiger partial charge on any atom is 0.323 e. The van der Waals surface area contributed by atoms with Crippen molar-refractivity contribution < 1.29 is 19.1 Å². The van der Waals surface area contributed by atoms with E-state index in [9.17, 15) is 9.59 Å². The summed E-state index contributed by atoms with van der Waals surface area (Å²) in [5, 5.41) is 9.87. The standard InChI is InChI=1S/C29H27N7O4/c1-35-14-17(26-23(6-8-32-28(26)35)36-15-20-12-31-13-21(16-36)39-20)9-25-27(37)22-10-18(4-5-24(22)40-25)33-29(38)34-19-3-2-7-30-11-19/h2-11,14,20-21,31H,12-13,15-16H2,1H3,(H2,33,34,38)/b25-9-. The first-order valence-electron chi connectivity index (χ1n) is 13.1. The van der Waals surface area contributed by atoms with Gasteiger partial charge in [0.25, 0.3) is 0 Å². The van der Waals surface area contributed by atoms with Crippen LogP contribution in [0.5, 0.6) is 5.75 Å². The van der Waals surface area contributed by atoms with E-state index in [4.69, 9.17) is 9.47 Å². The fourth-order valence-corrected chi connectivity index (χ4v) is 5.58. The molecule has 2 saturated heterocycles. The number of aryl methyl sites for hydroxylation is 1.